The van der Waals surface area contributed by atoms with Crippen molar-refractivity contribution in [2.75, 3.05) is 0 Å². The summed E-state index contributed by atoms with van der Waals surface area (Å²) in [6.45, 7) is 13.8. The molecule has 5 heteroatoms. The highest BCUT2D eigenvalue weighted by atomic mass is 28.4. The van der Waals surface area contributed by atoms with E-state index < -0.39 is 8.32 Å². The molecule has 0 heterocycles. The molecular weight excluding hydrogens is 330 g/mol. The smallest absolute Gasteiger partial charge is 0.407 e. The molecule has 1 aliphatic rings. The summed E-state index contributed by atoms with van der Waals surface area (Å²) >= 11 is 0. The Morgan fingerprint density at radius 2 is 1.84 bits per heavy atom. The fourth-order valence-corrected chi connectivity index (χ4v) is 4.71. The van der Waals surface area contributed by atoms with Crippen molar-refractivity contribution < 1.29 is 14.0 Å². The number of alkyl carbamates (subject to hydrolysis) is 1. The van der Waals surface area contributed by atoms with Crippen molar-refractivity contribution in [3.05, 3.63) is 35.9 Å². The minimum absolute atomic E-state index is 0.0830. The normalized spacial score (nSPS) is 23.7. The number of hydrogen-bond donors (Lipinski definition) is 1. The van der Waals surface area contributed by atoms with Crippen molar-refractivity contribution in [3.8, 4) is 0 Å². The Kier molecular flexibility index (Phi) is 6.00. The van der Waals surface area contributed by atoms with Crippen molar-refractivity contribution in [3.63, 3.8) is 0 Å². The molecule has 1 fully saturated rings. The van der Waals surface area contributed by atoms with Gasteiger partial charge in [-0.3, -0.25) is 0 Å². The molecule has 4 nitrogen and oxygen atoms in total. The molecule has 2 rings (SSSR count). The van der Waals surface area contributed by atoms with E-state index in [1.54, 1.807) is 0 Å². The molecule has 0 saturated heterocycles. The Morgan fingerprint density at radius 1 is 1.24 bits per heavy atom. The number of ether oxygens (including phenoxy) is 1. The molecule has 0 spiro atoms. The van der Waals surface area contributed by atoms with Gasteiger partial charge in [-0.2, -0.15) is 0 Å². The first kappa shape index (κ1) is 20.0. The number of benzene rings is 1. The van der Waals surface area contributed by atoms with Crippen molar-refractivity contribution >= 4 is 14.4 Å². The van der Waals surface area contributed by atoms with Crippen LogP contribution in [0.15, 0.2) is 30.3 Å². The average molecular weight is 364 g/mol. The van der Waals surface area contributed by atoms with Gasteiger partial charge in [0.05, 0.1) is 5.60 Å². The van der Waals surface area contributed by atoms with Gasteiger partial charge in [0.15, 0.2) is 8.32 Å². The Morgan fingerprint density at radius 3 is 2.36 bits per heavy atom. The van der Waals surface area contributed by atoms with Crippen LogP contribution in [-0.4, -0.2) is 26.1 Å². The molecule has 1 aliphatic carbocycles. The zero-order chi connectivity index (χ0) is 18.7. The van der Waals surface area contributed by atoms with E-state index in [1.807, 2.05) is 30.3 Å². The van der Waals surface area contributed by atoms with E-state index in [1.165, 1.54) is 0 Å². The second-order valence-corrected chi connectivity index (χ2v) is 13.4. The van der Waals surface area contributed by atoms with Gasteiger partial charge >= 0.3 is 6.09 Å². The number of nitrogens with one attached hydrogen (secondary N) is 1. The summed E-state index contributed by atoms with van der Waals surface area (Å²) in [5.74, 6) is 0. The third-order valence-corrected chi connectivity index (χ3v) is 10.2. The van der Waals surface area contributed by atoms with Crippen molar-refractivity contribution in [2.45, 2.75) is 83.3 Å². The maximum Gasteiger partial charge on any atom is 0.407 e. The zero-order valence-electron chi connectivity index (χ0n) is 16.5. The molecule has 140 valence electrons. The van der Waals surface area contributed by atoms with Gasteiger partial charge in [-0.1, -0.05) is 58.0 Å². The topological polar surface area (TPSA) is 47.6 Å². The summed E-state index contributed by atoms with van der Waals surface area (Å²) < 4.78 is 12.0. The van der Waals surface area contributed by atoms with E-state index in [4.69, 9.17) is 9.16 Å². The van der Waals surface area contributed by atoms with Gasteiger partial charge in [0.1, 0.15) is 6.61 Å². The molecule has 1 N–H and O–H groups in total. The number of hydrogen-bond acceptors (Lipinski definition) is 3. The molecule has 1 aromatic rings. The molecular formula is C20H33NO3Si. The van der Waals surface area contributed by atoms with E-state index in [0.29, 0.717) is 6.61 Å². The lowest BCUT2D eigenvalue weighted by Crippen LogP contribution is -2.61. The fraction of sp³-hybridized carbons (Fsp3) is 0.650. The lowest BCUT2D eigenvalue weighted by molar-refractivity contribution is -0.0452. The van der Waals surface area contributed by atoms with Gasteiger partial charge in [0, 0.05) is 6.04 Å². The number of carbonyl (C=O) groups is 1. The monoisotopic (exact) mass is 363 g/mol. The first-order valence-corrected chi connectivity index (χ1v) is 12.2. The quantitative estimate of drug-likeness (QED) is 0.703. The second kappa shape index (κ2) is 7.50. The summed E-state index contributed by atoms with van der Waals surface area (Å²) in [7, 11) is -1.80. The van der Waals surface area contributed by atoms with Crippen LogP contribution in [0.3, 0.4) is 0 Å². The minimum Gasteiger partial charge on any atom is -0.445 e. The molecule has 0 aliphatic heterocycles. The molecule has 0 radical (unpaired) electrons. The van der Waals surface area contributed by atoms with E-state index in [2.05, 4.69) is 46.1 Å². The maximum absolute atomic E-state index is 12.0. The van der Waals surface area contributed by atoms with Gasteiger partial charge in [-0.15, -0.1) is 0 Å². The largest absolute Gasteiger partial charge is 0.445 e. The van der Waals surface area contributed by atoms with Gasteiger partial charge in [0.2, 0.25) is 0 Å². The van der Waals surface area contributed by atoms with Crippen LogP contribution >= 0.6 is 0 Å². The second-order valence-electron chi connectivity index (χ2n) is 8.71. The van der Waals surface area contributed by atoms with Crippen molar-refractivity contribution in [2.24, 2.45) is 0 Å². The van der Waals surface area contributed by atoms with Crippen LogP contribution in [0.4, 0.5) is 4.79 Å². The van der Waals surface area contributed by atoms with E-state index in [0.717, 1.165) is 24.8 Å². The van der Waals surface area contributed by atoms with Crippen LogP contribution in [-0.2, 0) is 15.8 Å². The minimum atomic E-state index is -1.80. The predicted octanol–water partition coefficient (Wildman–Crippen LogP) is 5.25. The first-order valence-electron chi connectivity index (χ1n) is 9.24. The fourth-order valence-electron chi connectivity index (χ4n) is 3.01. The molecule has 1 saturated carbocycles. The van der Waals surface area contributed by atoms with Gasteiger partial charge in [-0.05, 0) is 43.0 Å². The Hall–Kier alpha value is -1.33. The number of carbonyl (C=O) groups excluding carboxylic acids is 1. The predicted molar refractivity (Wildman–Crippen MR) is 104 cm³/mol. The van der Waals surface area contributed by atoms with Gasteiger partial charge in [0.25, 0.3) is 0 Å². The first-order chi connectivity index (χ1) is 11.6. The van der Waals surface area contributed by atoms with Crippen LogP contribution in [0.5, 0.6) is 0 Å². The highest BCUT2D eigenvalue weighted by Crippen LogP contribution is 2.46. The highest BCUT2D eigenvalue weighted by molar-refractivity contribution is 6.74. The maximum atomic E-state index is 12.0. The van der Waals surface area contributed by atoms with Crippen molar-refractivity contribution in [1.29, 1.82) is 0 Å². The van der Waals surface area contributed by atoms with Crippen LogP contribution in [0.2, 0.25) is 18.1 Å². The molecule has 0 aromatic heterocycles. The Balaban J connectivity index is 1.80. The van der Waals surface area contributed by atoms with Crippen molar-refractivity contribution in [1.82, 2.24) is 5.32 Å². The van der Waals surface area contributed by atoms with Crippen LogP contribution < -0.4 is 5.32 Å². The Labute approximate surface area is 153 Å². The standard InChI is InChI=1S/C20H33NO3Si/c1-7-20(24-25(5,6)19(2,3)4)13-17(14-20)21-18(22)23-15-16-11-9-8-10-12-16/h8-12,17H,7,13-15H2,1-6H3,(H,21,22). The van der Waals surface area contributed by atoms with Crippen LogP contribution in [0.25, 0.3) is 0 Å². The summed E-state index contributed by atoms with van der Waals surface area (Å²) in [5, 5.41) is 3.17. The summed E-state index contributed by atoms with van der Waals surface area (Å²) in [5.41, 5.74) is 0.913. The molecule has 0 atom stereocenters. The van der Waals surface area contributed by atoms with Gasteiger partial charge in [-0.25, -0.2) is 4.79 Å². The van der Waals surface area contributed by atoms with E-state index >= 15 is 0 Å². The van der Waals surface area contributed by atoms with Crippen LogP contribution in [0, 0.1) is 0 Å². The number of rotatable bonds is 6. The SMILES string of the molecule is CCC1(O[Si](C)(C)C(C)(C)C)CC(NC(=O)OCc2ccccc2)C1. The number of amides is 1. The lowest BCUT2D eigenvalue weighted by Gasteiger charge is -2.53. The summed E-state index contributed by atoms with van der Waals surface area (Å²) in [6.07, 6.45) is 2.38. The molecule has 25 heavy (non-hydrogen) atoms. The lowest BCUT2D eigenvalue weighted by atomic mass is 9.74. The van der Waals surface area contributed by atoms with Gasteiger partial charge < -0.3 is 14.5 Å². The third kappa shape index (κ3) is 5.08. The summed E-state index contributed by atoms with van der Waals surface area (Å²) in [4.78, 5) is 12.0. The molecule has 1 aromatic carbocycles. The molecule has 1 amide bonds. The van der Waals surface area contributed by atoms with E-state index in [9.17, 15) is 4.79 Å². The molecule has 0 bridgehead atoms. The Bertz CT molecular complexity index is 574. The average Bonchev–Trinajstić information content (AvgIpc) is 2.50. The highest BCUT2D eigenvalue weighted by Gasteiger charge is 2.50. The summed E-state index contributed by atoms with van der Waals surface area (Å²) in [6, 6.07) is 9.88. The van der Waals surface area contributed by atoms with Crippen LogP contribution in [0.1, 0.15) is 52.5 Å². The van der Waals surface area contributed by atoms with E-state index in [-0.39, 0.29) is 22.8 Å². The third-order valence-electron chi connectivity index (χ3n) is 5.69. The zero-order valence-corrected chi connectivity index (χ0v) is 17.5. The molecule has 0 unspecified atom stereocenters.